The quantitative estimate of drug-likeness (QED) is 0.743. The topological polar surface area (TPSA) is 44.5 Å². The number of methoxy groups -OCH3 is 1. The van der Waals surface area contributed by atoms with E-state index in [9.17, 15) is 0 Å². The highest BCUT2D eigenvalue weighted by atomic mass is 16.6. The van der Waals surface area contributed by atoms with Gasteiger partial charge >= 0.3 is 0 Å². The molecule has 14 heavy (non-hydrogen) atoms. The van der Waals surface area contributed by atoms with Gasteiger partial charge in [-0.15, -0.1) is 0 Å². The van der Waals surface area contributed by atoms with Gasteiger partial charge in [-0.3, -0.25) is 0 Å². The minimum absolute atomic E-state index is 0.400. The van der Waals surface area contributed by atoms with Crippen molar-refractivity contribution in [2.45, 2.75) is 6.92 Å². The molecule has 76 valence electrons. The summed E-state index contributed by atoms with van der Waals surface area (Å²) >= 11 is 0. The largest absolute Gasteiger partial charge is 0.496 e. The van der Waals surface area contributed by atoms with Crippen molar-refractivity contribution >= 4 is 6.08 Å². The summed E-state index contributed by atoms with van der Waals surface area (Å²) in [4.78, 5) is 4.44. The third kappa shape index (κ3) is 2.87. The minimum atomic E-state index is 0.400. The second-order valence-electron chi connectivity index (χ2n) is 2.98. The van der Waals surface area contributed by atoms with Gasteiger partial charge in [-0.2, -0.15) is 0 Å². The molecule has 3 nitrogen and oxygen atoms in total. The minimum Gasteiger partial charge on any atom is -0.496 e. The molecule has 0 aromatic heterocycles. The summed E-state index contributed by atoms with van der Waals surface area (Å²) in [5.41, 5.74) is 2.23. The third-order valence-electron chi connectivity index (χ3n) is 1.88. The Morgan fingerprint density at radius 2 is 2.21 bits per heavy atom. The van der Waals surface area contributed by atoms with Gasteiger partial charge in [-0.05, 0) is 19.1 Å². The molecule has 0 aliphatic rings. The van der Waals surface area contributed by atoms with E-state index in [0.29, 0.717) is 6.61 Å². The lowest BCUT2D eigenvalue weighted by molar-refractivity contribution is 0.168. The fraction of sp³-hybridized carbons (Fsp3) is 0.273. The number of aryl methyl sites for hydroxylation is 1. The number of benzene rings is 1. The molecule has 2 N–H and O–H groups in total. The van der Waals surface area contributed by atoms with Crippen LogP contribution < -0.4 is 10.6 Å². The lowest BCUT2D eigenvalue weighted by Gasteiger charge is -2.05. The van der Waals surface area contributed by atoms with Crippen molar-refractivity contribution < 1.29 is 9.57 Å². The van der Waals surface area contributed by atoms with Crippen LogP contribution >= 0.6 is 0 Å². The fourth-order valence-corrected chi connectivity index (χ4v) is 1.21. The molecule has 0 aliphatic heterocycles. The van der Waals surface area contributed by atoms with Crippen LogP contribution in [-0.4, -0.2) is 13.7 Å². The Labute approximate surface area is 84.1 Å². The summed E-state index contributed by atoms with van der Waals surface area (Å²) in [6, 6.07) is 6.00. The van der Waals surface area contributed by atoms with Crippen molar-refractivity contribution in [1.82, 2.24) is 0 Å². The first-order valence-corrected chi connectivity index (χ1v) is 4.41. The zero-order chi connectivity index (χ0) is 10.4. The molecular weight excluding hydrogens is 178 g/mol. The summed E-state index contributed by atoms with van der Waals surface area (Å²) in [5.74, 6) is 5.76. The summed E-state index contributed by atoms with van der Waals surface area (Å²) in [6.45, 7) is 2.44. The molecule has 1 rings (SSSR count). The molecule has 0 spiro atoms. The number of hydrogen-bond donors (Lipinski definition) is 1. The number of hydrogen-bond acceptors (Lipinski definition) is 3. The van der Waals surface area contributed by atoms with E-state index >= 15 is 0 Å². The molecule has 0 atom stereocenters. The van der Waals surface area contributed by atoms with Crippen molar-refractivity contribution in [3.63, 3.8) is 0 Å². The van der Waals surface area contributed by atoms with E-state index in [1.165, 1.54) is 5.56 Å². The monoisotopic (exact) mass is 193 g/mol. The van der Waals surface area contributed by atoms with Crippen LogP contribution in [0.3, 0.4) is 0 Å². The van der Waals surface area contributed by atoms with Gasteiger partial charge in [0.25, 0.3) is 0 Å². The highest BCUT2D eigenvalue weighted by Gasteiger charge is 1.98. The maximum absolute atomic E-state index is 5.21. The molecule has 0 radical (unpaired) electrons. The Bertz CT molecular complexity index is 321. The summed E-state index contributed by atoms with van der Waals surface area (Å²) in [7, 11) is 1.65. The third-order valence-corrected chi connectivity index (χ3v) is 1.88. The van der Waals surface area contributed by atoms with Crippen molar-refractivity contribution in [1.29, 1.82) is 0 Å². The van der Waals surface area contributed by atoms with Crippen LogP contribution in [0, 0.1) is 6.92 Å². The molecule has 0 aliphatic carbocycles. The SMILES string of the molecule is COc1ccc(C)cc1/C=C/CON. The van der Waals surface area contributed by atoms with Crippen LogP contribution in [0.1, 0.15) is 11.1 Å². The molecule has 3 heteroatoms. The summed E-state index contributed by atoms with van der Waals surface area (Å²) in [5, 5.41) is 0. The van der Waals surface area contributed by atoms with E-state index in [1.807, 2.05) is 37.3 Å². The van der Waals surface area contributed by atoms with E-state index in [0.717, 1.165) is 11.3 Å². The van der Waals surface area contributed by atoms with Gasteiger partial charge in [0.05, 0.1) is 13.7 Å². The molecule has 0 heterocycles. The molecule has 0 saturated carbocycles. The van der Waals surface area contributed by atoms with Gasteiger partial charge < -0.3 is 9.57 Å². The molecule has 0 unspecified atom stereocenters. The lowest BCUT2D eigenvalue weighted by Crippen LogP contribution is -1.97. The second-order valence-corrected chi connectivity index (χ2v) is 2.98. The maximum atomic E-state index is 5.21. The molecular formula is C11H15NO2. The highest BCUT2D eigenvalue weighted by molar-refractivity contribution is 5.58. The second kappa shape index (κ2) is 5.42. The molecule has 0 fully saturated rings. The van der Waals surface area contributed by atoms with Gasteiger partial charge in [0, 0.05) is 5.56 Å². The maximum Gasteiger partial charge on any atom is 0.126 e. The zero-order valence-electron chi connectivity index (χ0n) is 8.49. The molecule has 0 amide bonds. The molecule has 0 saturated heterocycles. The number of nitrogens with two attached hydrogens (primary N) is 1. The summed E-state index contributed by atoms with van der Waals surface area (Å²) < 4.78 is 5.21. The number of rotatable bonds is 4. The standard InChI is InChI=1S/C11H15NO2/c1-9-5-6-11(13-2)10(8-9)4-3-7-14-12/h3-6,8H,7,12H2,1-2H3/b4-3+. The smallest absolute Gasteiger partial charge is 0.126 e. The predicted octanol–water partition coefficient (Wildman–Crippen LogP) is 1.91. The fourth-order valence-electron chi connectivity index (χ4n) is 1.21. The van der Waals surface area contributed by atoms with Crippen molar-refractivity contribution in [3.05, 3.63) is 35.4 Å². The molecule has 1 aromatic carbocycles. The Kier molecular flexibility index (Phi) is 4.16. The van der Waals surface area contributed by atoms with Gasteiger partial charge in [0.1, 0.15) is 5.75 Å². The van der Waals surface area contributed by atoms with Gasteiger partial charge in [0.15, 0.2) is 0 Å². The van der Waals surface area contributed by atoms with Crippen molar-refractivity contribution in [2.75, 3.05) is 13.7 Å². The van der Waals surface area contributed by atoms with Crippen LogP contribution in [-0.2, 0) is 4.84 Å². The van der Waals surface area contributed by atoms with Crippen molar-refractivity contribution in [2.24, 2.45) is 5.90 Å². The van der Waals surface area contributed by atoms with E-state index in [4.69, 9.17) is 10.6 Å². The Morgan fingerprint density at radius 3 is 2.86 bits per heavy atom. The average molecular weight is 193 g/mol. The number of ether oxygens (including phenoxy) is 1. The Hall–Kier alpha value is -1.32. The van der Waals surface area contributed by atoms with E-state index in [2.05, 4.69) is 4.84 Å². The van der Waals surface area contributed by atoms with Crippen LogP contribution in [0.15, 0.2) is 24.3 Å². The van der Waals surface area contributed by atoms with E-state index in [-0.39, 0.29) is 0 Å². The Morgan fingerprint density at radius 1 is 1.43 bits per heavy atom. The molecule has 0 bridgehead atoms. The van der Waals surface area contributed by atoms with Crippen LogP contribution in [0.5, 0.6) is 5.75 Å². The first-order chi connectivity index (χ1) is 6.77. The highest BCUT2D eigenvalue weighted by Crippen LogP contribution is 2.20. The lowest BCUT2D eigenvalue weighted by atomic mass is 10.1. The molecule has 1 aromatic rings. The van der Waals surface area contributed by atoms with Crippen LogP contribution in [0.2, 0.25) is 0 Å². The van der Waals surface area contributed by atoms with Crippen molar-refractivity contribution in [3.8, 4) is 5.75 Å². The average Bonchev–Trinajstić information content (AvgIpc) is 2.19. The van der Waals surface area contributed by atoms with Gasteiger partial charge in [-0.25, -0.2) is 5.90 Å². The first-order valence-electron chi connectivity index (χ1n) is 4.41. The zero-order valence-corrected chi connectivity index (χ0v) is 8.49. The van der Waals surface area contributed by atoms with Crippen LogP contribution in [0.25, 0.3) is 6.08 Å². The van der Waals surface area contributed by atoms with Gasteiger partial charge in [0.2, 0.25) is 0 Å². The van der Waals surface area contributed by atoms with Crippen LogP contribution in [0.4, 0.5) is 0 Å². The normalized spacial score (nSPS) is 10.8. The first kappa shape index (κ1) is 10.8. The van der Waals surface area contributed by atoms with Gasteiger partial charge in [-0.1, -0.05) is 23.8 Å². The summed E-state index contributed by atoms with van der Waals surface area (Å²) in [6.07, 6.45) is 3.77. The van der Waals surface area contributed by atoms with E-state index in [1.54, 1.807) is 7.11 Å². The Balaban J connectivity index is 2.87. The van der Waals surface area contributed by atoms with E-state index < -0.39 is 0 Å². The predicted molar refractivity (Wildman–Crippen MR) is 56.9 cm³/mol.